The maximum absolute atomic E-state index is 5.92. The van der Waals surface area contributed by atoms with E-state index in [1.54, 1.807) is 11.3 Å². The molecule has 2 aromatic rings. The van der Waals surface area contributed by atoms with E-state index in [0.717, 1.165) is 29.7 Å². The molecular weight excluding hydrogens is 278 g/mol. The Balaban J connectivity index is 1.68. The van der Waals surface area contributed by atoms with Gasteiger partial charge in [-0.3, -0.25) is 4.90 Å². The third-order valence-corrected chi connectivity index (χ3v) is 5.18. The first-order valence-electron chi connectivity index (χ1n) is 7.59. The Bertz CT molecular complexity index is 586. The van der Waals surface area contributed by atoms with Crippen LogP contribution in [0.2, 0.25) is 0 Å². The summed E-state index contributed by atoms with van der Waals surface area (Å²) in [4.78, 5) is 7.15. The molecule has 1 aliphatic rings. The Hall–Kier alpha value is -1.23. The van der Waals surface area contributed by atoms with Crippen LogP contribution in [-0.4, -0.2) is 29.5 Å². The molecule has 1 aromatic carbocycles. The van der Waals surface area contributed by atoms with Crippen molar-refractivity contribution < 1.29 is 0 Å². The molecule has 0 radical (unpaired) electrons. The Morgan fingerprint density at radius 2 is 2.05 bits per heavy atom. The molecule has 0 aliphatic heterocycles. The van der Waals surface area contributed by atoms with Crippen LogP contribution in [0.5, 0.6) is 0 Å². The Kier molecular flexibility index (Phi) is 4.38. The molecule has 3 nitrogen and oxygen atoms in total. The van der Waals surface area contributed by atoms with Gasteiger partial charge >= 0.3 is 0 Å². The molecule has 1 saturated carbocycles. The SMILES string of the molecule is Cc1ccc(-c2nc(CN(C)C(CN)C3CC3)cs2)cc1. The molecule has 2 N–H and O–H groups in total. The number of rotatable bonds is 6. The standard InChI is InChI=1S/C17H23N3S/c1-12-3-5-14(6-4-12)17-19-15(11-21-17)10-20(2)16(9-18)13-7-8-13/h3-6,11,13,16H,7-10,18H2,1-2H3. The normalized spacial score (nSPS) is 16.4. The number of aromatic nitrogens is 1. The minimum absolute atomic E-state index is 0.509. The van der Waals surface area contributed by atoms with Gasteiger partial charge in [-0.05, 0) is 32.7 Å². The smallest absolute Gasteiger partial charge is 0.123 e. The van der Waals surface area contributed by atoms with E-state index in [4.69, 9.17) is 10.7 Å². The van der Waals surface area contributed by atoms with Crippen molar-refractivity contribution in [2.45, 2.75) is 32.4 Å². The zero-order valence-corrected chi connectivity index (χ0v) is 13.6. The van der Waals surface area contributed by atoms with Crippen LogP contribution in [0.3, 0.4) is 0 Å². The van der Waals surface area contributed by atoms with Gasteiger partial charge in [0.2, 0.25) is 0 Å². The summed E-state index contributed by atoms with van der Waals surface area (Å²) in [6, 6.07) is 9.08. The van der Waals surface area contributed by atoms with Gasteiger partial charge in [0.05, 0.1) is 5.69 Å². The van der Waals surface area contributed by atoms with Gasteiger partial charge in [0, 0.05) is 30.1 Å². The lowest BCUT2D eigenvalue weighted by molar-refractivity contribution is 0.214. The van der Waals surface area contributed by atoms with Crippen molar-refractivity contribution in [1.29, 1.82) is 0 Å². The minimum atomic E-state index is 0.509. The maximum atomic E-state index is 5.92. The molecule has 1 fully saturated rings. The Labute approximate surface area is 130 Å². The molecule has 21 heavy (non-hydrogen) atoms. The molecular formula is C17H23N3S. The quantitative estimate of drug-likeness (QED) is 0.890. The first kappa shape index (κ1) is 14.7. The van der Waals surface area contributed by atoms with Crippen molar-refractivity contribution in [2.75, 3.05) is 13.6 Å². The monoisotopic (exact) mass is 301 g/mol. The maximum Gasteiger partial charge on any atom is 0.123 e. The minimum Gasteiger partial charge on any atom is -0.329 e. The van der Waals surface area contributed by atoms with Crippen LogP contribution in [0.25, 0.3) is 10.6 Å². The van der Waals surface area contributed by atoms with E-state index >= 15 is 0 Å². The van der Waals surface area contributed by atoms with Gasteiger partial charge in [0.1, 0.15) is 5.01 Å². The second-order valence-electron chi connectivity index (χ2n) is 6.07. The van der Waals surface area contributed by atoms with Gasteiger partial charge in [-0.1, -0.05) is 29.8 Å². The summed E-state index contributed by atoms with van der Waals surface area (Å²) in [5.74, 6) is 0.801. The van der Waals surface area contributed by atoms with Crippen LogP contribution in [0.4, 0.5) is 0 Å². The number of thiazole rings is 1. The van der Waals surface area contributed by atoms with E-state index in [2.05, 4.69) is 48.5 Å². The molecule has 1 aromatic heterocycles. The van der Waals surface area contributed by atoms with Crippen molar-refractivity contribution in [3.8, 4) is 10.6 Å². The molecule has 0 bridgehead atoms. The molecule has 0 amide bonds. The fourth-order valence-electron chi connectivity index (χ4n) is 2.79. The number of aryl methyl sites for hydroxylation is 1. The molecule has 4 heteroatoms. The van der Waals surface area contributed by atoms with Crippen molar-refractivity contribution in [2.24, 2.45) is 11.7 Å². The van der Waals surface area contributed by atoms with Crippen LogP contribution in [0.15, 0.2) is 29.6 Å². The predicted octanol–water partition coefficient (Wildman–Crippen LogP) is 3.29. The summed E-state index contributed by atoms with van der Waals surface area (Å²) in [5, 5.41) is 3.28. The average Bonchev–Trinajstić information content (AvgIpc) is 3.20. The zero-order chi connectivity index (χ0) is 14.8. The number of benzene rings is 1. The van der Waals surface area contributed by atoms with Crippen LogP contribution in [-0.2, 0) is 6.54 Å². The second-order valence-corrected chi connectivity index (χ2v) is 6.92. The van der Waals surface area contributed by atoms with Gasteiger partial charge in [0.15, 0.2) is 0 Å². The molecule has 3 rings (SSSR count). The van der Waals surface area contributed by atoms with Crippen molar-refractivity contribution in [3.63, 3.8) is 0 Å². The molecule has 1 aliphatic carbocycles. The third-order valence-electron chi connectivity index (χ3n) is 4.24. The summed E-state index contributed by atoms with van der Waals surface area (Å²) in [6.07, 6.45) is 2.66. The topological polar surface area (TPSA) is 42.2 Å². The highest BCUT2D eigenvalue weighted by Gasteiger charge is 2.32. The van der Waals surface area contributed by atoms with Gasteiger partial charge < -0.3 is 5.73 Å². The summed E-state index contributed by atoms with van der Waals surface area (Å²) >= 11 is 1.72. The molecule has 0 spiro atoms. The molecule has 1 atom stereocenters. The van der Waals surface area contributed by atoms with E-state index in [1.165, 1.54) is 24.0 Å². The Morgan fingerprint density at radius 1 is 1.33 bits per heavy atom. The highest BCUT2D eigenvalue weighted by atomic mass is 32.1. The van der Waals surface area contributed by atoms with E-state index in [9.17, 15) is 0 Å². The summed E-state index contributed by atoms with van der Waals surface area (Å²) in [7, 11) is 2.17. The highest BCUT2D eigenvalue weighted by Crippen LogP contribution is 2.35. The first-order valence-corrected chi connectivity index (χ1v) is 8.47. The lowest BCUT2D eigenvalue weighted by Crippen LogP contribution is -2.39. The summed E-state index contributed by atoms with van der Waals surface area (Å²) in [6.45, 7) is 3.74. The second kappa shape index (κ2) is 6.26. The lowest BCUT2D eigenvalue weighted by atomic mass is 10.1. The van der Waals surface area contributed by atoms with Gasteiger partial charge in [-0.2, -0.15) is 0 Å². The number of nitrogens with zero attached hydrogens (tertiary/aromatic N) is 2. The van der Waals surface area contributed by atoms with Crippen molar-refractivity contribution in [1.82, 2.24) is 9.88 Å². The van der Waals surface area contributed by atoms with Gasteiger partial charge in [-0.15, -0.1) is 11.3 Å². The summed E-state index contributed by atoms with van der Waals surface area (Å²) in [5.41, 5.74) is 9.56. The van der Waals surface area contributed by atoms with Crippen molar-refractivity contribution in [3.05, 3.63) is 40.9 Å². The fourth-order valence-corrected chi connectivity index (χ4v) is 3.61. The largest absolute Gasteiger partial charge is 0.329 e. The van der Waals surface area contributed by atoms with E-state index in [-0.39, 0.29) is 0 Å². The van der Waals surface area contributed by atoms with Crippen LogP contribution < -0.4 is 5.73 Å². The molecule has 112 valence electrons. The van der Waals surface area contributed by atoms with E-state index in [1.807, 2.05) is 0 Å². The van der Waals surface area contributed by atoms with Gasteiger partial charge in [-0.25, -0.2) is 4.98 Å². The molecule has 1 heterocycles. The average molecular weight is 301 g/mol. The third kappa shape index (κ3) is 3.51. The van der Waals surface area contributed by atoms with E-state index in [0.29, 0.717) is 6.04 Å². The first-order chi connectivity index (χ1) is 10.2. The lowest BCUT2D eigenvalue weighted by Gasteiger charge is -2.26. The van der Waals surface area contributed by atoms with E-state index < -0.39 is 0 Å². The summed E-state index contributed by atoms with van der Waals surface area (Å²) < 4.78 is 0. The number of hydrogen-bond donors (Lipinski definition) is 1. The molecule has 0 saturated heterocycles. The zero-order valence-electron chi connectivity index (χ0n) is 12.7. The van der Waals surface area contributed by atoms with Gasteiger partial charge in [0.25, 0.3) is 0 Å². The molecule has 1 unspecified atom stereocenters. The predicted molar refractivity (Wildman–Crippen MR) is 89.3 cm³/mol. The van der Waals surface area contributed by atoms with Crippen LogP contribution >= 0.6 is 11.3 Å². The highest BCUT2D eigenvalue weighted by molar-refractivity contribution is 7.13. The van der Waals surface area contributed by atoms with Crippen LogP contribution in [0.1, 0.15) is 24.1 Å². The number of likely N-dealkylation sites (N-methyl/N-ethyl adjacent to an activating group) is 1. The van der Waals surface area contributed by atoms with Crippen molar-refractivity contribution >= 4 is 11.3 Å². The number of hydrogen-bond acceptors (Lipinski definition) is 4. The fraction of sp³-hybridized carbons (Fsp3) is 0.471. The van der Waals surface area contributed by atoms with Crippen LogP contribution in [0, 0.1) is 12.8 Å². The Morgan fingerprint density at radius 3 is 2.67 bits per heavy atom. The number of nitrogens with two attached hydrogens (primary N) is 1.